The molecule has 0 aliphatic heterocycles. The van der Waals surface area contributed by atoms with Crippen LogP contribution in [0.25, 0.3) is 10.8 Å². The third kappa shape index (κ3) is 4.64. The molecule has 34 heavy (non-hydrogen) atoms. The highest BCUT2D eigenvalue weighted by Gasteiger charge is 2.28. The summed E-state index contributed by atoms with van der Waals surface area (Å²) < 4.78 is 34.0. The number of aromatic carboxylic acids is 1. The zero-order chi connectivity index (χ0) is 24.3. The second-order valence-electron chi connectivity index (χ2n) is 7.88. The van der Waals surface area contributed by atoms with Gasteiger partial charge in [-0.2, -0.15) is 0 Å². The van der Waals surface area contributed by atoms with E-state index in [0.29, 0.717) is 12.4 Å². The van der Waals surface area contributed by atoms with E-state index in [2.05, 4.69) is 4.98 Å². The van der Waals surface area contributed by atoms with Crippen molar-refractivity contribution in [2.24, 2.45) is 0 Å². The summed E-state index contributed by atoms with van der Waals surface area (Å²) in [6, 6.07) is 20.4. The quantitative estimate of drug-likeness (QED) is 0.393. The van der Waals surface area contributed by atoms with E-state index in [1.165, 1.54) is 28.6 Å². The van der Waals surface area contributed by atoms with Crippen LogP contribution in [-0.4, -0.2) is 31.6 Å². The normalized spacial score (nSPS) is 11.5. The van der Waals surface area contributed by atoms with E-state index in [1.54, 1.807) is 13.3 Å². The lowest BCUT2D eigenvalue weighted by atomic mass is 10.1. The van der Waals surface area contributed by atoms with Gasteiger partial charge in [0.25, 0.3) is 10.0 Å². The first kappa shape index (κ1) is 23.4. The van der Waals surface area contributed by atoms with Crippen LogP contribution >= 0.6 is 0 Å². The average Bonchev–Trinajstić information content (AvgIpc) is 2.84. The summed E-state index contributed by atoms with van der Waals surface area (Å²) in [5.41, 5.74) is 2.50. The van der Waals surface area contributed by atoms with Gasteiger partial charge in [-0.15, -0.1) is 0 Å². The van der Waals surface area contributed by atoms with Crippen LogP contribution in [-0.2, 0) is 27.9 Å². The number of pyridine rings is 1. The molecule has 1 heterocycles. The minimum absolute atomic E-state index is 0.0112. The van der Waals surface area contributed by atoms with Crippen molar-refractivity contribution in [1.29, 1.82) is 0 Å². The maximum atomic E-state index is 13.8. The molecule has 0 aliphatic carbocycles. The Labute approximate surface area is 198 Å². The number of methoxy groups -OCH3 is 1. The van der Waals surface area contributed by atoms with Gasteiger partial charge in [0.1, 0.15) is 5.82 Å². The Morgan fingerprint density at radius 2 is 1.62 bits per heavy atom. The number of carbonyl (C=O) groups is 1. The molecule has 0 radical (unpaired) electrons. The van der Waals surface area contributed by atoms with Crippen LogP contribution < -0.4 is 4.31 Å². The van der Waals surface area contributed by atoms with Crippen LogP contribution in [0, 0.1) is 6.92 Å². The van der Waals surface area contributed by atoms with Gasteiger partial charge in [-0.1, -0.05) is 48.5 Å². The third-order valence-corrected chi connectivity index (χ3v) is 7.36. The third-order valence-electron chi connectivity index (χ3n) is 5.61. The molecule has 3 aromatic carbocycles. The lowest BCUT2D eigenvalue weighted by Crippen LogP contribution is -2.32. The number of carboxylic acid groups (broad SMARTS) is 1. The second-order valence-corrected chi connectivity index (χ2v) is 9.75. The zero-order valence-electron chi connectivity index (χ0n) is 18.8. The number of nitrogens with zero attached hydrogens (tertiary/aromatic N) is 2. The molecule has 0 unspecified atom stereocenters. The summed E-state index contributed by atoms with van der Waals surface area (Å²) in [6.07, 6.45) is 1.66. The van der Waals surface area contributed by atoms with Crippen LogP contribution in [0.2, 0.25) is 0 Å². The number of sulfonamides is 1. The second kappa shape index (κ2) is 9.62. The Balaban J connectivity index is 1.82. The van der Waals surface area contributed by atoms with Gasteiger partial charge in [0.05, 0.1) is 23.6 Å². The number of rotatable bonds is 8. The molecule has 1 aromatic heterocycles. The van der Waals surface area contributed by atoms with Crippen LogP contribution in [0.15, 0.2) is 83.9 Å². The topological polar surface area (TPSA) is 96.8 Å². The number of anilines is 1. The van der Waals surface area contributed by atoms with Gasteiger partial charge in [0, 0.05) is 24.3 Å². The number of aryl methyl sites for hydroxylation is 1. The number of benzene rings is 3. The molecule has 0 atom stereocenters. The van der Waals surface area contributed by atoms with Crippen LogP contribution in [0.1, 0.15) is 27.0 Å². The Bertz CT molecular complexity index is 1430. The molecule has 0 bridgehead atoms. The molecular formula is C26H24N2O5S. The van der Waals surface area contributed by atoms with Crippen molar-refractivity contribution in [3.05, 3.63) is 101 Å². The molecule has 4 rings (SSSR count). The smallest absolute Gasteiger partial charge is 0.335 e. The molecule has 174 valence electrons. The Morgan fingerprint density at radius 1 is 0.971 bits per heavy atom. The van der Waals surface area contributed by atoms with Crippen molar-refractivity contribution < 1.29 is 23.1 Å². The molecule has 0 amide bonds. The summed E-state index contributed by atoms with van der Waals surface area (Å²) in [4.78, 5) is 15.7. The minimum atomic E-state index is -4.05. The molecule has 7 nitrogen and oxygen atoms in total. The lowest BCUT2D eigenvalue weighted by Gasteiger charge is -2.26. The van der Waals surface area contributed by atoms with E-state index in [9.17, 15) is 18.3 Å². The molecule has 0 aliphatic rings. The van der Waals surface area contributed by atoms with Gasteiger partial charge in [0.15, 0.2) is 0 Å². The Hall–Kier alpha value is -3.75. The van der Waals surface area contributed by atoms with Gasteiger partial charge in [0.2, 0.25) is 0 Å². The highest BCUT2D eigenvalue weighted by atomic mass is 32.2. The maximum Gasteiger partial charge on any atom is 0.335 e. The predicted molar refractivity (Wildman–Crippen MR) is 130 cm³/mol. The SMILES string of the molecule is COCc1ccc(CN(c2ncc3ccccc3c2C)S(=O)(=O)c2ccc(C(=O)O)cc2)cc1. The molecule has 1 N–H and O–H groups in total. The number of carboxylic acids is 1. The Kier molecular flexibility index (Phi) is 6.63. The van der Waals surface area contributed by atoms with Crippen molar-refractivity contribution in [3.8, 4) is 0 Å². The number of fused-ring (bicyclic) bond motifs is 1. The van der Waals surface area contributed by atoms with Crippen molar-refractivity contribution in [2.75, 3.05) is 11.4 Å². The average molecular weight is 477 g/mol. The lowest BCUT2D eigenvalue weighted by molar-refractivity contribution is 0.0696. The van der Waals surface area contributed by atoms with Crippen LogP contribution in [0.3, 0.4) is 0 Å². The summed E-state index contributed by atoms with van der Waals surface area (Å²) >= 11 is 0. The molecule has 0 spiro atoms. The fraction of sp³-hybridized carbons (Fsp3) is 0.154. The first-order valence-electron chi connectivity index (χ1n) is 10.6. The van der Waals surface area contributed by atoms with E-state index in [4.69, 9.17) is 4.74 Å². The van der Waals surface area contributed by atoms with E-state index in [-0.39, 0.29) is 17.0 Å². The number of hydrogen-bond acceptors (Lipinski definition) is 5. The van der Waals surface area contributed by atoms with Gasteiger partial charge in [-0.25, -0.2) is 22.5 Å². The highest BCUT2D eigenvalue weighted by molar-refractivity contribution is 7.92. The van der Waals surface area contributed by atoms with Crippen molar-refractivity contribution in [2.45, 2.75) is 25.0 Å². The standard InChI is InChI=1S/C26H24N2O5S/c1-18-24-6-4-3-5-22(24)15-27-25(18)28(16-19-7-9-20(10-8-19)17-33-2)34(31,32)23-13-11-21(12-14-23)26(29)30/h3-15H,16-17H2,1-2H3,(H,29,30). The number of ether oxygens (including phenoxy) is 1. The van der Waals surface area contributed by atoms with E-state index >= 15 is 0 Å². The van der Waals surface area contributed by atoms with Gasteiger partial charge in [-0.3, -0.25) is 0 Å². The van der Waals surface area contributed by atoms with Crippen molar-refractivity contribution in [1.82, 2.24) is 4.98 Å². The Morgan fingerprint density at radius 3 is 2.26 bits per heavy atom. The fourth-order valence-electron chi connectivity index (χ4n) is 3.79. The molecule has 0 saturated heterocycles. The van der Waals surface area contributed by atoms with Crippen LogP contribution in [0.5, 0.6) is 0 Å². The van der Waals surface area contributed by atoms with Gasteiger partial charge < -0.3 is 9.84 Å². The molecular weight excluding hydrogens is 452 g/mol. The molecule has 4 aromatic rings. The minimum Gasteiger partial charge on any atom is -0.478 e. The van der Waals surface area contributed by atoms with Crippen LogP contribution in [0.4, 0.5) is 5.82 Å². The molecule has 0 saturated carbocycles. The first-order chi connectivity index (χ1) is 16.3. The summed E-state index contributed by atoms with van der Waals surface area (Å²) in [5, 5.41) is 11.0. The van der Waals surface area contributed by atoms with E-state index < -0.39 is 16.0 Å². The highest BCUT2D eigenvalue weighted by Crippen LogP contribution is 2.31. The maximum absolute atomic E-state index is 13.8. The fourth-order valence-corrected chi connectivity index (χ4v) is 5.26. The van der Waals surface area contributed by atoms with Gasteiger partial charge >= 0.3 is 5.97 Å². The van der Waals surface area contributed by atoms with E-state index in [0.717, 1.165) is 27.5 Å². The summed E-state index contributed by atoms with van der Waals surface area (Å²) in [7, 11) is -2.44. The molecule has 8 heteroatoms. The summed E-state index contributed by atoms with van der Waals surface area (Å²) in [6.45, 7) is 2.37. The zero-order valence-corrected chi connectivity index (χ0v) is 19.6. The first-order valence-corrected chi connectivity index (χ1v) is 12.0. The van der Waals surface area contributed by atoms with Gasteiger partial charge in [-0.05, 0) is 47.7 Å². The summed E-state index contributed by atoms with van der Waals surface area (Å²) in [5.74, 6) is -0.800. The molecule has 0 fully saturated rings. The predicted octanol–water partition coefficient (Wildman–Crippen LogP) is 4.78. The van der Waals surface area contributed by atoms with E-state index in [1.807, 2.05) is 55.5 Å². The van der Waals surface area contributed by atoms with Crippen molar-refractivity contribution in [3.63, 3.8) is 0 Å². The van der Waals surface area contributed by atoms with Crippen molar-refractivity contribution >= 4 is 32.6 Å². The number of aromatic nitrogens is 1. The largest absolute Gasteiger partial charge is 0.478 e. The number of hydrogen-bond donors (Lipinski definition) is 1. The monoisotopic (exact) mass is 476 g/mol.